The monoisotopic (exact) mass is 405 g/mol. The quantitative estimate of drug-likeness (QED) is 0.802. The number of fused-ring (bicyclic) bond motifs is 1. The van der Waals surface area contributed by atoms with Crippen molar-refractivity contribution in [1.29, 1.82) is 0 Å². The lowest BCUT2D eigenvalue weighted by Gasteiger charge is -2.32. The van der Waals surface area contributed by atoms with Gasteiger partial charge in [-0.05, 0) is 62.4 Å². The van der Waals surface area contributed by atoms with Crippen molar-refractivity contribution in [1.82, 2.24) is 10.2 Å². The van der Waals surface area contributed by atoms with Gasteiger partial charge >= 0.3 is 0 Å². The Hall–Kier alpha value is -2.66. The van der Waals surface area contributed by atoms with Crippen LogP contribution < -0.4 is 10.2 Å². The molecule has 4 rings (SSSR count). The molecule has 1 saturated heterocycles. The molecule has 1 fully saturated rings. The summed E-state index contributed by atoms with van der Waals surface area (Å²) in [5.41, 5.74) is 4.70. The van der Waals surface area contributed by atoms with E-state index in [0.717, 1.165) is 50.1 Å². The minimum absolute atomic E-state index is 0.0355. The summed E-state index contributed by atoms with van der Waals surface area (Å²) in [5, 5.41) is 3.07. The molecule has 158 valence electrons. The molecule has 5 heteroatoms. The van der Waals surface area contributed by atoms with Gasteiger partial charge in [0, 0.05) is 25.2 Å². The topological polar surface area (TPSA) is 52.7 Å². The molecule has 1 N–H and O–H groups in total. The number of carbonyl (C=O) groups excluding carboxylic acids is 2. The second kappa shape index (κ2) is 9.43. The van der Waals surface area contributed by atoms with Crippen molar-refractivity contribution >= 4 is 17.5 Å². The number of hydrogen-bond acceptors (Lipinski definition) is 3. The van der Waals surface area contributed by atoms with E-state index in [1.54, 1.807) is 4.90 Å². The highest BCUT2D eigenvalue weighted by Gasteiger charge is 2.26. The lowest BCUT2D eigenvalue weighted by Crippen LogP contribution is -2.45. The fraction of sp³-hybridized carbons (Fsp3) is 0.440. The van der Waals surface area contributed by atoms with Gasteiger partial charge in [0.05, 0.1) is 0 Å². The molecule has 0 bridgehead atoms. The standard InChI is InChI=1S/C25H31N3O2/c1-19-5-4-6-21(15-19)17-27-13-11-20(12-14-27)16-26-24(29)18-28-23-8-3-2-7-22(23)9-10-25(28)30/h2-8,15,20H,9-14,16-18H2,1H3,(H,26,29). The van der Waals surface area contributed by atoms with Crippen molar-refractivity contribution in [2.75, 3.05) is 31.1 Å². The molecule has 0 aliphatic carbocycles. The summed E-state index contributed by atoms with van der Waals surface area (Å²) in [5.74, 6) is 0.475. The second-order valence-corrected chi connectivity index (χ2v) is 8.62. The number of anilines is 1. The summed E-state index contributed by atoms with van der Waals surface area (Å²) in [7, 11) is 0. The number of amides is 2. The number of nitrogens with one attached hydrogen (secondary N) is 1. The van der Waals surface area contributed by atoms with E-state index in [9.17, 15) is 9.59 Å². The number of aryl methyl sites for hydroxylation is 2. The van der Waals surface area contributed by atoms with E-state index in [1.165, 1.54) is 11.1 Å². The SMILES string of the molecule is Cc1cccc(CN2CCC(CNC(=O)CN3C(=O)CCc4ccccc43)CC2)c1. The molecule has 0 aromatic heterocycles. The summed E-state index contributed by atoms with van der Waals surface area (Å²) < 4.78 is 0. The van der Waals surface area contributed by atoms with E-state index < -0.39 is 0 Å². The maximum atomic E-state index is 12.5. The van der Waals surface area contributed by atoms with Crippen LogP contribution in [0.3, 0.4) is 0 Å². The Labute approximate surface area is 179 Å². The zero-order valence-electron chi connectivity index (χ0n) is 17.8. The van der Waals surface area contributed by atoms with Gasteiger partial charge in [-0.2, -0.15) is 0 Å². The third-order valence-electron chi connectivity index (χ3n) is 6.28. The Morgan fingerprint density at radius 3 is 2.67 bits per heavy atom. The van der Waals surface area contributed by atoms with Crippen LogP contribution in [0.25, 0.3) is 0 Å². The highest BCUT2D eigenvalue weighted by molar-refractivity contribution is 6.00. The van der Waals surface area contributed by atoms with E-state index >= 15 is 0 Å². The fourth-order valence-electron chi connectivity index (χ4n) is 4.54. The number of likely N-dealkylation sites (tertiary alicyclic amines) is 1. The first-order valence-electron chi connectivity index (χ1n) is 11.0. The lowest BCUT2D eigenvalue weighted by atomic mass is 9.96. The first-order valence-corrected chi connectivity index (χ1v) is 11.0. The molecule has 0 saturated carbocycles. The molecule has 5 nitrogen and oxygen atoms in total. The molecule has 2 heterocycles. The zero-order valence-corrected chi connectivity index (χ0v) is 17.8. The Morgan fingerprint density at radius 1 is 1.07 bits per heavy atom. The molecule has 2 aliphatic heterocycles. The Balaban J connectivity index is 1.22. The van der Waals surface area contributed by atoms with Crippen LogP contribution in [0.4, 0.5) is 5.69 Å². The number of nitrogens with zero attached hydrogens (tertiary/aromatic N) is 2. The van der Waals surface area contributed by atoms with Gasteiger partial charge < -0.3 is 10.2 Å². The largest absolute Gasteiger partial charge is 0.354 e. The number of benzene rings is 2. The van der Waals surface area contributed by atoms with Gasteiger partial charge in [0.25, 0.3) is 0 Å². The van der Waals surface area contributed by atoms with Gasteiger partial charge in [0.15, 0.2) is 0 Å². The van der Waals surface area contributed by atoms with Crippen molar-refractivity contribution in [2.24, 2.45) is 5.92 Å². The highest BCUT2D eigenvalue weighted by atomic mass is 16.2. The first-order chi connectivity index (χ1) is 14.6. The van der Waals surface area contributed by atoms with Crippen LogP contribution in [0.5, 0.6) is 0 Å². The van der Waals surface area contributed by atoms with Gasteiger partial charge in [0.2, 0.25) is 11.8 Å². The molecule has 30 heavy (non-hydrogen) atoms. The summed E-state index contributed by atoms with van der Waals surface area (Å²) in [6.07, 6.45) is 3.42. The predicted molar refractivity (Wildman–Crippen MR) is 119 cm³/mol. The second-order valence-electron chi connectivity index (χ2n) is 8.62. The third kappa shape index (κ3) is 5.08. The van der Waals surface area contributed by atoms with Crippen LogP contribution in [0.15, 0.2) is 48.5 Å². The first kappa shape index (κ1) is 20.6. The molecule has 0 spiro atoms. The molecule has 2 aliphatic rings. The highest BCUT2D eigenvalue weighted by Crippen LogP contribution is 2.27. The molecule has 2 aromatic carbocycles. The van der Waals surface area contributed by atoms with E-state index in [-0.39, 0.29) is 18.4 Å². The number of carbonyl (C=O) groups is 2. The van der Waals surface area contributed by atoms with Crippen LogP contribution in [0, 0.1) is 12.8 Å². The molecule has 0 atom stereocenters. The number of para-hydroxylation sites is 1. The summed E-state index contributed by atoms with van der Waals surface area (Å²) >= 11 is 0. The smallest absolute Gasteiger partial charge is 0.240 e. The fourth-order valence-corrected chi connectivity index (χ4v) is 4.54. The van der Waals surface area contributed by atoms with Crippen LogP contribution >= 0.6 is 0 Å². The normalized spacial score (nSPS) is 17.6. The van der Waals surface area contributed by atoms with Gasteiger partial charge in [-0.1, -0.05) is 48.0 Å². The average Bonchev–Trinajstić information content (AvgIpc) is 2.75. The van der Waals surface area contributed by atoms with E-state index in [1.807, 2.05) is 24.3 Å². The zero-order chi connectivity index (χ0) is 20.9. The minimum Gasteiger partial charge on any atom is -0.354 e. The minimum atomic E-state index is -0.0674. The molecule has 2 amide bonds. The van der Waals surface area contributed by atoms with Crippen molar-refractivity contribution in [3.8, 4) is 0 Å². The van der Waals surface area contributed by atoms with Crippen molar-refractivity contribution in [3.63, 3.8) is 0 Å². The van der Waals surface area contributed by atoms with Crippen LogP contribution in [0.2, 0.25) is 0 Å². The lowest BCUT2D eigenvalue weighted by molar-refractivity contribution is -0.124. The molecular formula is C25H31N3O2. The Morgan fingerprint density at radius 2 is 1.87 bits per heavy atom. The van der Waals surface area contributed by atoms with Crippen molar-refractivity contribution in [2.45, 2.75) is 39.2 Å². The summed E-state index contributed by atoms with van der Waals surface area (Å²) in [6, 6.07) is 16.6. The molecule has 0 unspecified atom stereocenters. The number of rotatable bonds is 6. The predicted octanol–water partition coefficient (Wildman–Crippen LogP) is 3.30. The van der Waals surface area contributed by atoms with Crippen LogP contribution in [0.1, 0.15) is 36.0 Å². The number of hydrogen-bond donors (Lipinski definition) is 1. The maximum Gasteiger partial charge on any atom is 0.240 e. The van der Waals surface area contributed by atoms with Gasteiger partial charge in [-0.25, -0.2) is 0 Å². The van der Waals surface area contributed by atoms with E-state index in [0.29, 0.717) is 18.9 Å². The molecule has 0 radical (unpaired) electrons. The molecular weight excluding hydrogens is 374 g/mol. The summed E-state index contributed by atoms with van der Waals surface area (Å²) in [4.78, 5) is 29.0. The van der Waals surface area contributed by atoms with Crippen LogP contribution in [-0.2, 0) is 22.6 Å². The average molecular weight is 406 g/mol. The van der Waals surface area contributed by atoms with Gasteiger partial charge in [0.1, 0.15) is 6.54 Å². The maximum absolute atomic E-state index is 12.5. The Bertz CT molecular complexity index is 903. The third-order valence-corrected chi connectivity index (χ3v) is 6.28. The van der Waals surface area contributed by atoms with E-state index in [4.69, 9.17) is 0 Å². The van der Waals surface area contributed by atoms with E-state index in [2.05, 4.69) is 41.4 Å². The number of piperidine rings is 1. The van der Waals surface area contributed by atoms with Crippen LogP contribution in [-0.4, -0.2) is 42.9 Å². The van der Waals surface area contributed by atoms with Gasteiger partial charge in [-0.15, -0.1) is 0 Å². The molecule has 2 aromatic rings. The summed E-state index contributed by atoms with van der Waals surface area (Å²) in [6.45, 7) is 6.06. The van der Waals surface area contributed by atoms with Gasteiger partial charge in [-0.3, -0.25) is 14.5 Å². The van der Waals surface area contributed by atoms with Crippen molar-refractivity contribution < 1.29 is 9.59 Å². The Kier molecular flexibility index (Phi) is 6.48. The van der Waals surface area contributed by atoms with Crippen molar-refractivity contribution in [3.05, 3.63) is 65.2 Å².